The number of nitrogens with zero attached hydrogens (tertiary/aromatic N) is 2. The average molecular weight is 429 g/mol. The van der Waals surface area contributed by atoms with E-state index < -0.39 is 5.92 Å². The molecule has 2 fully saturated rings. The summed E-state index contributed by atoms with van der Waals surface area (Å²) in [6, 6.07) is 16.2. The van der Waals surface area contributed by atoms with Crippen molar-refractivity contribution in [2.24, 2.45) is 11.8 Å². The Labute approximate surface area is 180 Å². The van der Waals surface area contributed by atoms with Crippen LogP contribution in [0.5, 0.6) is 0 Å². The summed E-state index contributed by atoms with van der Waals surface area (Å²) < 4.78 is 5.21. The molecule has 8 heteroatoms. The monoisotopic (exact) mass is 428 g/mol. The van der Waals surface area contributed by atoms with E-state index in [2.05, 4.69) is 15.6 Å². The summed E-state index contributed by atoms with van der Waals surface area (Å²) in [4.78, 5) is 28.5. The number of fused-ring (bicyclic) bond motifs is 1. The molecule has 0 aromatic heterocycles. The fourth-order valence-electron chi connectivity index (χ4n) is 4.16. The first-order valence-electron chi connectivity index (χ1n) is 9.99. The van der Waals surface area contributed by atoms with Crippen LogP contribution >= 0.6 is 11.6 Å². The van der Waals surface area contributed by atoms with Gasteiger partial charge in [0.2, 0.25) is 11.8 Å². The third-order valence-corrected chi connectivity index (χ3v) is 5.88. The molecule has 2 amide bonds. The standard InChI is InChI=1S/C22H25ClN4O3/c1-30-11-10-26-13-18(21(28)24-16-7-5-6-15(23)12-16)20-19(14-26)22(29)27(25-20)17-8-3-2-4-9-17/h2-9,12,18-20,25H,10-11,13-14H2,1H3,(H,24,28). The lowest BCUT2D eigenvalue weighted by atomic mass is 9.84. The summed E-state index contributed by atoms with van der Waals surface area (Å²) in [6.07, 6.45) is 0. The van der Waals surface area contributed by atoms with Crippen LogP contribution in [0, 0.1) is 11.8 Å². The predicted octanol–water partition coefficient (Wildman–Crippen LogP) is 2.39. The summed E-state index contributed by atoms with van der Waals surface area (Å²) in [6.45, 7) is 2.34. The van der Waals surface area contributed by atoms with Crippen LogP contribution in [0.3, 0.4) is 0 Å². The molecule has 0 radical (unpaired) electrons. The summed E-state index contributed by atoms with van der Waals surface area (Å²) in [5.41, 5.74) is 4.72. The van der Waals surface area contributed by atoms with Crippen molar-refractivity contribution in [2.75, 3.05) is 43.7 Å². The zero-order valence-corrected chi connectivity index (χ0v) is 17.5. The fourth-order valence-corrected chi connectivity index (χ4v) is 4.35. The van der Waals surface area contributed by atoms with E-state index >= 15 is 0 Å². The summed E-state index contributed by atoms with van der Waals surface area (Å²) in [5, 5.41) is 5.09. The lowest BCUT2D eigenvalue weighted by Crippen LogP contribution is -2.56. The van der Waals surface area contributed by atoms with Crippen LogP contribution in [0.1, 0.15) is 0 Å². The molecule has 0 aliphatic carbocycles. The van der Waals surface area contributed by atoms with Crippen molar-refractivity contribution >= 4 is 34.8 Å². The third-order valence-electron chi connectivity index (χ3n) is 5.65. The molecule has 4 rings (SSSR count). The fraction of sp³-hybridized carbons (Fsp3) is 0.364. The number of nitrogens with one attached hydrogen (secondary N) is 2. The van der Waals surface area contributed by atoms with Crippen molar-refractivity contribution in [2.45, 2.75) is 6.04 Å². The summed E-state index contributed by atoms with van der Waals surface area (Å²) in [5.74, 6) is -0.873. The van der Waals surface area contributed by atoms with E-state index in [0.29, 0.717) is 37.0 Å². The van der Waals surface area contributed by atoms with E-state index in [9.17, 15) is 9.59 Å². The van der Waals surface area contributed by atoms with E-state index in [4.69, 9.17) is 16.3 Å². The Morgan fingerprint density at radius 3 is 2.73 bits per heavy atom. The highest BCUT2D eigenvalue weighted by Crippen LogP contribution is 2.32. The zero-order chi connectivity index (χ0) is 21.1. The maximum Gasteiger partial charge on any atom is 0.247 e. The number of carbonyl (C=O) groups is 2. The number of anilines is 2. The van der Waals surface area contributed by atoms with Crippen LogP contribution in [0.15, 0.2) is 54.6 Å². The van der Waals surface area contributed by atoms with E-state index in [0.717, 1.165) is 5.69 Å². The molecule has 0 spiro atoms. The number of para-hydroxylation sites is 1. The number of piperidine rings is 1. The van der Waals surface area contributed by atoms with Crippen LogP contribution in [-0.4, -0.2) is 56.1 Å². The quantitative estimate of drug-likeness (QED) is 0.739. The van der Waals surface area contributed by atoms with E-state index in [1.807, 2.05) is 30.3 Å². The summed E-state index contributed by atoms with van der Waals surface area (Å²) >= 11 is 6.05. The van der Waals surface area contributed by atoms with Gasteiger partial charge in [-0.2, -0.15) is 0 Å². The first-order chi connectivity index (χ1) is 14.6. The number of ether oxygens (including phenoxy) is 1. The molecule has 2 aliphatic heterocycles. The number of methoxy groups -OCH3 is 1. The number of hydrazine groups is 1. The Kier molecular flexibility index (Phi) is 6.34. The number of halogens is 1. The van der Waals surface area contributed by atoms with Gasteiger partial charge in [-0.1, -0.05) is 35.9 Å². The molecule has 30 heavy (non-hydrogen) atoms. The van der Waals surface area contributed by atoms with Gasteiger partial charge in [-0.15, -0.1) is 0 Å². The molecule has 7 nitrogen and oxygen atoms in total. The van der Waals surface area contributed by atoms with Crippen LogP contribution in [-0.2, 0) is 14.3 Å². The van der Waals surface area contributed by atoms with E-state index in [-0.39, 0.29) is 23.8 Å². The maximum absolute atomic E-state index is 13.2. The normalized spacial score (nSPS) is 24.0. The van der Waals surface area contributed by atoms with Gasteiger partial charge in [0.25, 0.3) is 0 Å². The van der Waals surface area contributed by atoms with Crippen molar-refractivity contribution in [3.05, 3.63) is 59.6 Å². The Morgan fingerprint density at radius 2 is 2.00 bits per heavy atom. The minimum atomic E-state index is -0.405. The minimum Gasteiger partial charge on any atom is -0.383 e. The summed E-state index contributed by atoms with van der Waals surface area (Å²) in [7, 11) is 1.65. The SMILES string of the molecule is COCCN1CC(C(=O)Nc2cccc(Cl)c2)C2NN(c3ccccc3)C(=O)C2C1. The molecule has 0 saturated carbocycles. The second kappa shape index (κ2) is 9.14. The molecule has 2 N–H and O–H groups in total. The Morgan fingerprint density at radius 1 is 1.20 bits per heavy atom. The largest absolute Gasteiger partial charge is 0.383 e. The van der Waals surface area contributed by atoms with Crippen molar-refractivity contribution in [3.8, 4) is 0 Å². The van der Waals surface area contributed by atoms with E-state index in [1.165, 1.54) is 0 Å². The van der Waals surface area contributed by atoms with Crippen molar-refractivity contribution in [1.82, 2.24) is 10.3 Å². The maximum atomic E-state index is 13.2. The highest BCUT2D eigenvalue weighted by Gasteiger charge is 2.50. The number of rotatable bonds is 6. The van der Waals surface area contributed by atoms with Gasteiger partial charge < -0.3 is 10.1 Å². The van der Waals surface area contributed by atoms with Gasteiger partial charge in [-0.05, 0) is 30.3 Å². The predicted molar refractivity (Wildman–Crippen MR) is 116 cm³/mol. The number of hydrogen-bond donors (Lipinski definition) is 2. The molecule has 2 heterocycles. The number of carbonyl (C=O) groups excluding carboxylic acids is 2. The van der Waals surface area contributed by atoms with Gasteiger partial charge in [-0.3, -0.25) is 14.5 Å². The third kappa shape index (κ3) is 4.34. The molecule has 158 valence electrons. The Bertz CT molecular complexity index is 910. The van der Waals surface area contributed by atoms with Gasteiger partial charge in [0.05, 0.1) is 30.2 Å². The topological polar surface area (TPSA) is 73.9 Å². The molecule has 3 atom stereocenters. The molecule has 0 bridgehead atoms. The zero-order valence-electron chi connectivity index (χ0n) is 16.8. The smallest absolute Gasteiger partial charge is 0.247 e. The van der Waals surface area contributed by atoms with Crippen LogP contribution in [0.2, 0.25) is 5.02 Å². The first-order valence-corrected chi connectivity index (χ1v) is 10.4. The number of likely N-dealkylation sites (tertiary alicyclic amines) is 1. The molecule has 2 aliphatic rings. The highest BCUT2D eigenvalue weighted by atomic mass is 35.5. The van der Waals surface area contributed by atoms with Crippen molar-refractivity contribution in [3.63, 3.8) is 0 Å². The Balaban J connectivity index is 1.57. The molecular weight excluding hydrogens is 404 g/mol. The highest BCUT2D eigenvalue weighted by molar-refractivity contribution is 6.30. The molecule has 2 aromatic carbocycles. The van der Waals surface area contributed by atoms with Gasteiger partial charge in [0, 0.05) is 37.5 Å². The van der Waals surface area contributed by atoms with Gasteiger partial charge in [0.1, 0.15) is 0 Å². The van der Waals surface area contributed by atoms with Gasteiger partial charge in [0.15, 0.2) is 0 Å². The first kappa shape index (κ1) is 20.8. The second-order valence-electron chi connectivity index (χ2n) is 7.63. The Hall–Kier alpha value is -2.45. The number of amides is 2. The molecule has 2 saturated heterocycles. The van der Waals surface area contributed by atoms with Crippen LogP contribution in [0.25, 0.3) is 0 Å². The lowest BCUT2D eigenvalue weighted by Gasteiger charge is -2.38. The molecular formula is C22H25ClN4O3. The minimum absolute atomic E-state index is 0.0196. The molecule has 3 unspecified atom stereocenters. The lowest BCUT2D eigenvalue weighted by molar-refractivity contribution is -0.126. The number of hydrogen-bond acceptors (Lipinski definition) is 5. The van der Waals surface area contributed by atoms with Crippen LogP contribution in [0.4, 0.5) is 11.4 Å². The van der Waals surface area contributed by atoms with Crippen molar-refractivity contribution in [1.29, 1.82) is 0 Å². The van der Waals surface area contributed by atoms with Gasteiger partial charge in [-0.25, -0.2) is 10.4 Å². The van der Waals surface area contributed by atoms with Gasteiger partial charge >= 0.3 is 0 Å². The van der Waals surface area contributed by atoms with E-state index in [1.54, 1.807) is 36.4 Å². The average Bonchev–Trinajstić information content (AvgIpc) is 3.09. The van der Waals surface area contributed by atoms with Crippen molar-refractivity contribution < 1.29 is 14.3 Å². The molecule has 2 aromatic rings. The van der Waals surface area contributed by atoms with Crippen LogP contribution < -0.4 is 15.8 Å². The second-order valence-corrected chi connectivity index (χ2v) is 8.07. The number of benzene rings is 2.